The van der Waals surface area contributed by atoms with E-state index in [2.05, 4.69) is 18.3 Å². The molecule has 0 saturated heterocycles. The molecule has 0 heterocycles. The predicted octanol–water partition coefficient (Wildman–Crippen LogP) is 4.71. The number of likely N-dealkylation sites (N-methyl/N-ethyl adjacent to an activating group) is 1. The summed E-state index contributed by atoms with van der Waals surface area (Å²) in [5, 5.41) is 3.64. The first-order valence-electron chi connectivity index (χ1n) is 8.50. The van der Waals surface area contributed by atoms with Gasteiger partial charge in [0.05, 0.1) is 6.61 Å². The maximum Gasteiger partial charge on any atom is 0.119 e. The zero-order chi connectivity index (χ0) is 14.8. The van der Waals surface area contributed by atoms with Crippen LogP contribution in [0.1, 0.15) is 51.9 Å². The highest BCUT2D eigenvalue weighted by Crippen LogP contribution is 2.21. The second-order valence-electron chi connectivity index (χ2n) is 5.79. The molecular weight excluding hydrogens is 258 g/mol. The maximum absolute atomic E-state index is 5.86. The molecule has 0 spiro atoms. The van der Waals surface area contributed by atoms with E-state index in [1.165, 1.54) is 38.5 Å². The fraction of sp³-hybridized carbons (Fsp3) is 0.579. The number of hydrogen-bond donors (Lipinski definition) is 1. The topological polar surface area (TPSA) is 21.3 Å². The van der Waals surface area contributed by atoms with Gasteiger partial charge in [0.2, 0.25) is 0 Å². The summed E-state index contributed by atoms with van der Waals surface area (Å²) < 4.78 is 5.86. The molecule has 2 nitrogen and oxygen atoms in total. The van der Waals surface area contributed by atoms with Crippen LogP contribution >= 0.6 is 0 Å². The third-order valence-corrected chi connectivity index (χ3v) is 4.14. The molecule has 1 unspecified atom stereocenters. The molecule has 116 valence electrons. The minimum Gasteiger partial charge on any atom is -0.494 e. The zero-order valence-corrected chi connectivity index (χ0v) is 13.3. The molecule has 0 bridgehead atoms. The lowest BCUT2D eigenvalue weighted by Crippen LogP contribution is -2.32. The number of allylic oxidation sites excluding steroid dienone is 1. The molecule has 0 aromatic heterocycles. The monoisotopic (exact) mass is 287 g/mol. The third kappa shape index (κ3) is 5.92. The van der Waals surface area contributed by atoms with Crippen LogP contribution in [-0.4, -0.2) is 19.2 Å². The van der Waals surface area contributed by atoms with Gasteiger partial charge in [-0.05, 0) is 44.4 Å². The number of ether oxygens (including phenoxy) is 1. The summed E-state index contributed by atoms with van der Waals surface area (Å²) in [4.78, 5) is 0. The fourth-order valence-corrected chi connectivity index (χ4v) is 3.01. The van der Waals surface area contributed by atoms with Crippen molar-refractivity contribution in [1.82, 2.24) is 5.32 Å². The van der Waals surface area contributed by atoms with Gasteiger partial charge in [-0.2, -0.15) is 0 Å². The minimum atomic E-state index is 0.483. The Morgan fingerprint density at radius 1 is 1.10 bits per heavy atom. The van der Waals surface area contributed by atoms with E-state index >= 15 is 0 Å². The summed E-state index contributed by atoms with van der Waals surface area (Å²) in [6.07, 6.45) is 11.5. The number of hydrogen-bond acceptors (Lipinski definition) is 2. The molecule has 2 heteroatoms. The molecule has 0 fully saturated rings. The Balaban J connectivity index is 1.85. The first-order valence-corrected chi connectivity index (χ1v) is 8.50. The van der Waals surface area contributed by atoms with Crippen molar-refractivity contribution in [3.8, 4) is 5.75 Å². The Kier molecular flexibility index (Phi) is 7.37. The van der Waals surface area contributed by atoms with E-state index in [1.807, 2.05) is 30.3 Å². The fourth-order valence-electron chi connectivity index (χ4n) is 3.01. The molecule has 0 aliphatic heterocycles. The first-order chi connectivity index (χ1) is 10.4. The molecule has 1 atom stereocenters. The first kappa shape index (κ1) is 16.1. The van der Waals surface area contributed by atoms with Gasteiger partial charge in [0.25, 0.3) is 0 Å². The van der Waals surface area contributed by atoms with Crippen LogP contribution in [0.5, 0.6) is 5.75 Å². The average molecular weight is 287 g/mol. The van der Waals surface area contributed by atoms with Crippen LogP contribution in [0.2, 0.25) is 0 Å². The summed E-state index contributed by atoms with van der Waals surface area (Å²) in [5.41, 5.74) is 1.60. The molecule has 1 aromatic rings. The molecule has 2 rings (SSSR count). The highest BCUT2D eigenvalue weighted by molar-refractivity contribution is 5.21. The Morgan fingerprint density at radius 3 is 2.71 bits per heavy atom. The van der Waals surface area contributed by atoms with Crippen molar-refractivity contribution in [1.29, 1.82) is 0 Å². The van der Waals surface area contributed by atoms with Crippen molar-refractivity contribution in [2.45, 2.75) is 57.9 Å². The van der Waals surface area contributed by atoms with Gasteiger partial charge in [-0.3, -0.25) is 0 Å². The van der Waals surface area contributed by atoms with Gasteiger partial charge in [0.15, 0.2) is 0 Å². The van der Waals surface area contributed by atoms with Crippen LogP contribution in [0.3, 0.4) is 0 Å². The lowest BCUT2D eigenvalue weighted by Gasteiger charge is -2.23. The zero-order valence-electron chi connectivity index (χ0n) is 13.3. The Hall–Kier alpha value is -1.28. The van der Waals surface area contributed by atoms with Gasteiger partial charge < -0.3 is 10.1 Å². The summed E-state index contributed by atoms with van der Waals surface area (Å²) in [5.74, 6) is 0.972. The van der Waals surface area contributed by atoms with Crippen molar-refractivity contribution in [3.63, 3.8) is 0 Å². The standard InChI is InChI=1S/C19H29NO/c1-2-20-19(17-11-7-4-3-5-8-12-17)15-16-21-18-13-9-6-10-14-18/h6,9-11,13-14,19-20H,2-5,7-8,12,15-16H2,1H3/b17-11+. The normalized spacial score (nSPS) is 20.0. The number of benzene rings is 1. The molecule has 0 amide bonds. The molecule has 21 heavy (non-hydrogen) atoms. The van der Waals surface area contributed by atoms with Gasteiger partial charge in [-0.15, -0.1) is 0 Å². The van der Waals surface area contributed by atoms with E-state index in [4.69, 9.17) is 4.74 Å². The summed E-state index contributed by atoms with van der Waals surface area (Å²) in [6, 6.07) is 10.6. The maximum atomic E-state index is 5.86. The number of para-hydroxylation sites is 1. The number of nitrogens with one attached hydrogen (secondary N) is 1. The Bertz CT molecular complexity index is 413. The summed E-state index contributed by atoms with van der Waals surface area (Å²) in [7, 11) is 0. The highest BCUT2D eigenvalue weighted by atomic mass is 16.5. The third-order valence-electron chi connectivity index (χ3n) is 4.14. The van der Waals surface area contributed by atoms with Gasteiger partial charge in [0, 0.05) is 12.5 Å². The smallest absolute Gasteiger partial charge is 0.119 e. The van der Waals surface area contributed by atoms with Crippen molar-refractivity contribution >= 4 is 0 Å². The van der Waals surface area contributed by atoms with Crippen molar-refractivity contribution in [2.75, 3.05) is 13.2 Å². The van der Waals surface area contributed by atoms with Crippen LogP contribution in [0, 0.1) is 0 Å². The Morgan fingerprint density at radius 2 is 1.90 bits per heavy atom. The summed E-state index contributed by atoms with van der Waals surface area (Å²) >= 11 is 0. The highest BCUT2D eigenvalue weighted by Gasteiger charge is 2.14. The molecule has 1 aromatic carbocycles. The molecule has 1 N–H and O–H groups in total. The van der Waals surface area contributed by atoms with Gasteiger partial charge in [0.1, 0.15) is 5.75 Å². The lowest BCUT2D eigenvalue weighted by atomic mass is 9.93. The average Bonchev–Trinajstić information content (AvgIpc) is 2.47. The van der Waals surface area contributed by atoms with E-state index < -0.39 is 0 Å². The van der Waals surface area contributed by atoms with E-state index in [9.17, 15) is 0 Å². The van der Waals surface area contributed by atoms with E-state index in [0.717, 1.165) is 25.3 Å². The van der Waals surface area contributed by atoms with Crippen LogP contribution < -0.4 is 10.1 Å². The van der Waals surface area contributed by atoms with Crippen molar-refractivity contribution < 1.29 is 4.74 Å². The molecule has 0 saturated carbocycles. The number of rotatable bonds is 7. The van der Waals surface area contributed by atoms with Crippen molar-refractivity contribution in [2.24, 2.45) is 0 Å². The second kappa shape index (κ2) is 9.62. The summed E-state index contributed by atoms with van der Waals surface area (Å²) in [6.45, 7) is 3.99. The predicted molar refractivity (Wildman–Crippen MR) is 89.8 cm³/mol. The van der Waals surface area contributed by atoms with E-state index in [0.29, 0.717) is 6.04 Å². The largest absolute Gasteiger partial charge is 0.494 e. The van der Waals surface area contributed by atoms with E-state index in [-0.39, 0.29) is 0 Å². The van der Waals surface area contributed by atoms with Gasteiger partial charge >= 0.3 is 0 Å². The van der Waals surface area contributed by atoms with Crippen LogP contribution in [-0.2, 0) is 0 Å². The molecule has 1 aliphatic carbocycles. The van der Waals surface area contributed by atoms with Gasteiger partial charge in [-0.1, -0.05) is 49.6 Å². The SMILES string of the molecule is CCNC(CCOc1ccccc1)/C1=C/CCCCCC1. The van der Waals surface area contributed by atoms with Gasteiger partial charge in [-0.25, -0.2) is 0 Å². The molecule has 1 aliphatic rings. The van der Waals surface area contributed by atoms with Crippen molar-refractivity contribution in [3.05, 3.63) is 42.0 Å². The Labute approximate surface area is 129 Å². The second-order valence-corrected chi connectivity index (χ2v) is 5.79. The minimum absolute atomic E-state index is 0.483. The van der Waals surface area contributed by atoms with Crippen LogP contribution in [0.15, 0.2) is 42.0 Å². The van der Waals surface area contributed by atoms with Crippen LogP contribution in [0.25, 0.3) is 0 Å². The quantitative estimate of drug-likeness (QED) is 0.733. The van der Waals surface area contributed by atoms with Crippen LogP contribution in [0.4, 0.5) is 0 Å². The van der Waals surface area contributed by atoms with E-state index in [1.54, 1.807) is 5.57 Å². The molecular formula is C19H29NO. The molecule has 0 radical (unpaired) electrons. The lowest BCUT2D eigenvalue weighted by molar-refractivity contribution is 0.293.